The van der Waals surface area contributed by atoms with Gasteiger partial charge in [-0.15, -0.1) is 0 Å². The quantitative estimate of drug-likeness (QED) is 0.179. The summed E-state index contributed by atoms with van der Waals surface area (Å²) < 4.78 is 6.88. The van der Waals surface area contributed by atoms with Gasteiger partial charge < -0.3 is 9.64 Å². The van der Waals surface area contributed by atoms with E-state index in [4.69, 9.17) is 4.74 Å². The Hall–Kier alpha value is -6.64. The van der Waals surface area contributed by atoms with Crippen molar-refractivity contribution in [3.05, 3.63) is 200 Å². The van der Waals surface area contributed by atoms with E-state index in [1.165, 1.54) is 16.7 Å². The van der Waals surface area contributed by atoms with Gasteiger partial charge in [-0.05, 0) is 81.4 Å². The molecule has 1 heterocycles. The van der Waals surface area contributed by atoms with E-state index in [-0.39, 0.29) is 0 Å². The third kappa shape index (κ3) is 5.34. The molecule has 0 atom stereocenters. The zero-order valence-electron chi connectivity index (χ0n) is 27.4. The standard InChI is InChI=1S/C48H33NO/c1-4-15-34(16-5-1)36-29-31-39(32-30-36)49(40-22-12-21-38(33-40)35-17-6-2-7-18-35)44-26-14-28-46-48(44)47-41(37-19-8-3-9-20-37)24-13-25-43(47)42-23-10-11-27-45(42)50-46/h1-33H. The van der Waals surface area contributed by atoms with Crippen LogP contribution in [0.3, 0.4) is 0 Å². The molecule has 2 heteroatoms. The molecule has 9 rings (SSSR count). The number of hydrogen-bond donors (Lipinski definition) is 0. The molecular weight excluding hydrogens is 607 g/mol. The molecule has 0 unspecified atom stereocenters. The second-order valence-electron chi connectivity index (χ2n) is 12.5. The van der Waals surface area contributed by atoms with E-state index in [0.717, 1.165) is 67.5 Å². The van der Waals surface area contributed by atoms with Gasteiger partial charge in [0.2, 0.25) is 0 Å². The number of rotatable bonds is 6. The Bertz CT molecular complexity index is 2430. The maximum atomic E-state index is 6.88. The van der Waals surface area contributed by atoms with Gasteiger partial charge in [0, 0.05) is 28.1 Å². The van der Waals surface area contributed by atoms with Crippen molar-refractivity contribution in [1.29, 1.82) is 0 Å². The molecule has 0 spiro atoms. The highest BCUT2D eigenvalue weighted by atomic mass is 16.5. The molecule has 1 aliphatic heterocycles. The molecule has 0 saturated carbocycles. The lowest BCUT2D eigenvalue weighted by Gasteiger charge is -2.30. The molecular formula is C48H33NO. The largest absolute Gasteiger partial charge is 0.456 e. The normalized spacial score (nSPS) is 11.4. The number of anilines is 3. The van der Waals surface area contributed by atoms with Crippen molar-refractivity contribution >= 4 is 17.1 Å². The Morgan fingerprint density at radius 3 is 1.56 bits per heavy atom. The Balaban J connectivity index is 1.32. The first-order valence-corrected chi connectivity index (χ1v) is 17.0. The third-order valence-corrected chi connectivity index (χ3v) is 9.49. The summed E-state index contributed by atoms with van der Waals surface area (Å²) in [5.74, 6) is 1.67. The zero-order chi connectivity index (χ0) is 33.3. The first-order valence-electron chi connectivity index (χ1n) is 17.0. The maximum absolute atomic E-state index is 6.88. The van der Waals surface area contributed by atoms with Crippen LogP contribution in [0.5, 0.6) is 11.5 Å². The van der Waals surface area contributed by atoms with E-state index in [1.807, 2.05) is 6.07 Å². The van der Waals surface area contributed by atoms with Gasteiger partial charge in [-0.3, -0.25) is 0 Å². The highest BCUT2D eigenvalue weighted by Gasteiger charge is 2.29. The molecule has 0 fully saturated rings. The van der Waals surface area contributed by atoms with Crippen LogP contribution < -0.4 is 9.64 Å². The number of hydrogen-bond acceptors (Lipinski definition) is 2. The first-order chi connectivity index (χ1) is 24.8. The molecule has 1 aliphatic rings. The van der Waals surface area contributed by atoms with Crippen molar-refractivity contribution < 1.29 is 4.74 Å². The fraction of sp³-hybridized carbons (Fsp3) is 0. The average molecular weight is 640 g/mol. The van der Waals surface area contributed by atoms with Crippen LogP contribution in [0, 0.1) is 0 Å². The van der Waals surface area contributed by atoms with Crippen LogP contribution in [0.1, 0.15) is 0 Å². The topological polar surface area (TPSA) is 12.5 Å². The van der Waals surface area contributed by atoms with E-state index in [2.05, 4.69) is 199 Å². The van der Waals surface area contributed by atoms with E-state index in [9.17, 15) is 0 Å². The molecule has 8 aromatic carbocycles. The summed E-state index contributed by atoms with van der Waals surface area (Å²) in [6, 6.07) is 71.0. The van der Waals surface area contributed by atoms with Crippen molar-refractivity contribution in [1.82, 2.24) is 0 Å². The van der Waals surface area contributed by atoms with Crippen molar-refractivity contribution in [2.75, 3.05) is 4.90 Å². The summed E-state index contributed by atoms with van der Waals surface area (Å²) in [7, 11) is 0. The summed E-state index contributed by atoms with van der Waals surface area (Å²) in [5.41, 5.74) is 14.6. The molecule has 0 aromatic heterocycles. The van der Waals surface area contributed by atoms with Crippen LogP contribution in [-0.4, -0.2) is 0 Å². The van der Waals surface area contributed by atoms with E-state index in [1.54, 1.807) is 0 Å². The van der Waals surface area contributed by atoms with E-state index >= 15 is 0 Å². The Labute approximate surface area is 293 Å². The van der Waals surface area contributed by atoms with Crippen molar-refractivity contribution in [2.45, 2.75) is 0 Å². The second-order valence-corrected chi connectivity index (χ2v) is 12.5. The van der Waals surface area contributed by atoms with Crippen molar-refractivity contribution in [3.63, 3.8) is 0 Å². The van der Waals surface area contributed by atoms with Gasteiger partial charge in [0.15, 0.2) is 0 Å². The smallest absolute Gasteiger partial charge is 0.137 e. The molecule has 0 aliphatic carbocycles. The lowest BCUT2D eigenvalue weighted by Crippen LogP contribution is -2.12. The van der Waals surface area contributed by atoms with Crippen LogP contribution in [0.4, 0.5) is 17.1 Å². The van der Waals surface area contributed by atoms with Crippen LogP contribution in [0.2, 0.25) is 0 Å². The summed E-state index contributed by atoms with van der Waals surface area (Å²) in [6.07, 6.45) is 0. The predicted octanol–water partition coefficient (Wildman–Crippen LogP) is 13.6. The molecule has 8 aromatic rings. The Morgan fingerprint density at radius 2 is 0.820 bits per heavy atom. The molecule has 0 saturated heterocycles. The molecule has 0 N–H and O–H groups in total. The van der Waals surface area contributed by atoms with Crippen LogP contribution in [0.15, 0.2) is 200 Å². The van der Waals surface area contributed by atoms with Gasteiger partial charge in [-0.1, -0.05) is 158 Å². The van der Waals surface area contributed by atoms with Gasteiger partial charge in [-0.2, -0.15) is 0 Å². The van der Waals surface area contributed by atoms with Gasteiger partial charge in [0.1, 0.15) is 11.5 Å². The third-order valence-electron chi connectivity index (χ3n) is 9.49. The van der Waals surface area contributed by atoms with Gasteiger partial charge in [0.05, 0.1) is 5.69 Å². The number of ether oxygens (including phenoxy) is 1. The first kappa shape index (κ1) is 29.5. The minimum absolute atomic E-state index is 0.821. The molecule has 0 radical (unpaired) electrons. The molecule has 50 heavy (non-hydrogen) atoms. The van der Waals surface area contributed by atoms with Crippen molar-refractivity contribution in [3.8, 4) is 67.1 Å². The van der Waals surface area contributed by atoms with Crippen LogP contribution in [0.25, 0.3) is 55.6 Å². The highest BCUT2D eigenvalue weighted by Crippen LogP contribution is 2.55. The minimum Gasteiger partial charge on any atom is -0.456 e. The molecule has 0 bridgehead atoms. The minimum atomic E-state index is 0.821. The lowest BCUT2D eigenvalue weighted by atomic mass is 9.86. The van der Waals surface area contributed by atoms with E-state index < -0.39 is 0 Å². The summed E-state index contributed by atoms with van der Waals surface area (Å²) >= 11 is 0. The van der Waals surface area contributed by atoms with Crippen LogP contribution >= 0.6 is 0 Å². The summed E-state index contributed by atoms with van der Waals surface area (Å²) in [5, 5.41) is 0. The zero-order valence-corrected chi connectivity index (χ0v) is 27.4. The highest BCUT2D eigenvalue weighted by molar-refractivity contribution is 6.04. The molecule has 2 nitrogen and oxygen atoms in total. The van der Waals surface area contributed by atoms with Gasteiger partial charge >= 0.3 is 0 Å². The lowest BCUT2D eigenvalue weighted by molar-refractivity contribution is 0.488. The molecule has 0 amide bonds. The summed E-state index contributed by atoms with van der Waals surface area (Å²) in [6.45, 7) is 0. The fourth-order valence-corrected chi connectivity index (χ4v) is 7.16. The number of para-hydroxylation sites is 1. The maximum Gasteiger partial charge on any atom is 0.137 e. The molecule has 236 valence electrons. The monoisotopic (exact) mass is 639 g/mol. The van der Waals surface area contributed by atoms with E-state index in [0.29, 0.717) is 0 Å². The predicted molar refractivity (Wildman–Crippen MR) is 208 cm³/mol. The Kier molecular flexibility index (Phi) is 7.53. The van der Waals surface area contributed by atoms with Gasteiger partial charge in [0.25, 0.3) is 0 Å². The number of nitrogens with zero attached hydrogens (tertiary/aromatic N) is 1. The summed E-state index contributed by atoms with van der Waals surface area (Å²) in [4.78, 5) is 2.38. The fourth-order valence-electron chi connectivity index (χ4n) is 7.16. The number of fused-ring (bicyclic) bond motifs is 5. The van der Waals surface area contributed by atoms with Gasteiger partial charge in [-0.25, -0.2) is 0 Å². The average Bonchev–Trinajstić information content (AvgIpc) is 3.34. The SMILES string of the molecule is c1ccc(-c2ccc(N(c3cccc(-c4ccccc4)c3)c3cccc4c3-c3c(-c5ccccc5)cccc3-c3ccccc3O4)cc2)cc1. The number of benzene rings is 8. The Morgan fingerprint density at radius 1 is 0.300 bits per heavy atom. The van der Waals surface area contributed by atoms with Crippen molar-refractivity contribution in [2.24, 2.45) is 0 Å². The second kappa shape index (κ2) is 12.8. The van der Waals surface area contributed by atoms with Crippen LogP contribution in [-0.2, 0) is 0 Å².